The van der Waals surface area contributed by atoms with Crippen molar-refractivity contribution in [3.05, 3.63) is 28.2 Å². The Balaban J connectivity index is 1.73. The second-order valence-corrected chi connectivity index (χ2v) is 5.92. The number of benzene rings is 1. The van der Waals surface area contributed by atoms with Gasteiger partial charge in [-0.1, -0.05) is 22.4 Å². The zero-order chi connectivity index (χ0) is 11.7. The summed E-state index contributed by atoms with van der Waals surface area (Å²) in [6.45, 7) is 1.15. The molecule has 2 aliphatic heterocycles. The van der Waals surface area contributed by atoms with Gasteiger partial charge < -0.3 is 10.1 Å². The number of aryl methyl sites for hydroxylation is 1. The first kappa shape index (κ1) is 11.5. The van der Waals surface area contributed by atoms with Crippen molar-refractivity contribution in [1.29, 1.82) is 0 Å². The molecule has 0 aromatic heterocycles. The molecule has 1 fully saturated rings. The molecule has 2 unspecified atom stereocenters. The van der Waals surface area contributed by atoms with Gasteiger partial charge in [0.2, 0.25) is 0 Å². The van der Waals surface area contributed by atoms with Crippen LogP contribution in [0.25, 0.3) is 0 Å². The third kappa shape index (κ3) is 2.50. The van der Waals surface area contributed by atoms with Crippen molar-refractivity contribution in [2.45, 2.75) is 44.2 Å². The van der Waals surface area contributed by atoms with Gasteiger partial charge in [-0.15, -0.1) is 0 Å². The van der Waals surface area contributed by atoms with E-state index in [0.29, 0.717) is 12.1 Å². The lowest BCUT2D eigenvalue weighted by molar-refractivity contribution is 0.115. The number of nitrogens with one attached hydrogen (secondary N) is 1. The molecule has 2 atom stereocenters. The van der Waals surface area contributed by atoms with E-state index in [1.807, 2.05) is 0 Å². The third-order valence-corrected chi connectivity index (χ3v) is 4.29. The fourth-order valence-electron chi connectivity index (χ4n) is 2.86. The first-order chi connectivity index (χ1) is 8.33. The third-order valence-electron chi connectivity index (χ3n) is 3.80. The van der Waals surface area contributed by atoms with Crippen LogP contribution in [0.15, 0.2) is 22.7 Å². The Bertz CT molecular complexity index is 401. The van der Waals surface area contributed by atoms with Crippen LogP contribution in [0.3, 0.4) is 0 Å². The zero-order valence-corrected chi connectivity index (χ0v) is 11.5. The fraction of sp³-hybridized carbons (Fsp3) is 0.571. The van der Waals surface area contributed by atoms with Crippen molar-refractivity contribution < 1.29 is 4.74 Å². The molecule has 0 saturated carbocycles. The summed E-state index contributed by atoms with van der Waals surface area (Å²) in [5, 5.41) is 3.60. The highest BCUT2D eigenvalue weighted by molar-refractivity contribution is 9.10. The van der Waals surface area contributed by atoms with E-state index in [4.69, 9.17) is 4.74 Å². The van der Waals surface area contributed by atoms with E-state index in [1.165, 1.54) is 24.8 Å². The molecule has 2 nitrogen and oxygen atoms in total. The molecule has 1 aromatic carbocycles. The molecule has 3 rings (SSSR count). The van der Waals surface area contributed by atoms with Gasteiger partial charge in [-0.2, -0.15) is 0 Å². The van der Waals surface area contributed by atoms with E-state index in [-0.39, 0.29) is 0 Å². The second-order valence-electron chi connectivity index (χ2n) is 5.00. The van der Waals surface area contributed by atoms with Gasteiger partial charge in [0, 0.05) is 10.5 Å². The summed E-state index contributed by atoms with van der Waals surface area (Å²) in [5.74, 6) is 1.08. The summed E-state index contributed by atoms with van der Waals surface area (Å²) < 4.78 is 7.29. The van der Waals surface area contributed by atoms with Crippen LogP contribution in [-0.2, 0) is 6.42 Å². The van der Waals surface area contributed by atoms with Crippen molar-refractivity contribution in [2.24, 2.45) is 0 Å². The highest BCUT2D eigenvalue weighted by Gasteiger charge is 2.28. The SMILES string of the molecule is Brc1ccc2c(c1)CCC(C1CCCCN1)O2. The van der Waals surface area contributed by atoms with Gasteiger partial charge in [-0.25, -0.2) is 0 Å². The summed E-state index contributed by atoms with van der Waals surface area (Å²) in [4.78, 5) is 0. The van der Waals surface area contributed by atoms with Gasteiger partial charge >= 0.3 is 0 Å². The maximum atomic E-state index is 6.14. The molecule has 0 aliphatic carbocycles. The van der Waals surface area contributed by atoms with Crippen LogP contribution in [0, 0.1) is 0 Å². The smallest absolute Gasteiger partial charge is 0.123 e. The Morgan fingerprint density at radius 2 is 2.18 bits per heavy atom. The van der Waals surface area contributed by atoms with E-state index in [0.717, 1.165) is 29.6 Å². The van der Waals surface area contributed by atoms with Gasteiger partial charge in [-0.3, -0.25) is 0 Å². The van der Waals surface area contributed by atoms with Crippen molar-refractivity contribution in [1.82, 2.24) is 5.32 Å². The highest BCUT2D eigenvalue weighted by Crippen LogP contribution is 2.32. The van der Waals surface area contributed by atoms with Crippen LogP contribution in [0.4, 0.5) is 0 Å². The molecule has 1 N–H and O–H groups in total. The van der Waals surface area contributed by atoms with Crippen molar-refractivity contribution in [2.75, 3.05) is 6.54 Å². The topological polar surface area (TPSA) is 21.3 Å². The largest absolute Gasteiger partial charge is 0.489 e. The predicted octanol–water partition coefficient (Wildman–Crippen LogP) is 3.28. The Kier molecular flexibility index (Phi) is 3.39. The van der Waals surface area contributed by atoms with Gasteiger partial charge in [0.05, 0.1) is 0 Å². The molecule has 0 amide bonds. The Morgan fingerprint density at radius 3 is 3.00 bits per heavy atom. The van der Waals surface area contributed by atoms with E-state index >= 15 is 0 Å². The van der Waals surface area contributed by atoms with E-state index in [2.05, 4.69) is 39.4 Å². The van der Waals surface area contributed by atoms with Crippen LogP contribution < -0.4 is 10.1 Å². The Morgan fingerprint density at radius 1 is 1.24 bits per heavy atom. The molecule has 92 valence electrons. The van der Waals surface area contributed by atoms with Crippen molar-refractivity contribution in [3.63, 3.8) is 0 Å². The lowest BCUT2D eigenvalue weighted by atomic mass is 9.93. The normalized spacial score (nSPS) is 28.3. The first-order valence-corrected chi connectivity index (χ1v) is 7.31. The minimum atomic E-state index is 0.365. The maximum Gasteiger partial charge on any atom is 0.123 e. The van der Waals surface area contributed by atoms with Gasteiger partial charge in [0.25, 0.3) is 0 Å². The van der Waals surface area contributed by atoms with E-state index < -0.39 is 0 Å². The van der Waals surface area contributed by atoms with Crippen LogP contribution in [0.2, 0.25) is 0 Å². The molecule has 2 heterocycles. The van der Waals surface area contributed by atoms with Crippen LogP contribution in [0.1, 0.15) is 31.2 Å². The number of ether oxygens (including phenoxy) is 1. The molecular formula is C14H18BrNO. The number of piperidine rings is 1. The number of fused-ring (bicyclic) bond motifs is 1. The average Bonchev–Trinajstić information content (AvgIpc) is 2.39. The van der Waals surface area contributed by atoms with E-state index in [1.54, 1.807) is 0 Å². The first-order valence-electron chi connectivity index (χ1n) is 6.51. The number of rotatable bonds is 1. The van der Waals surface area contributed by atoms with Crippen LogP contribution in [0.5, 0.6) is 5.75 Å². The lowest BCUT2D eigenvalue weighted by Crippen LogP contribution is -2.47. The summed E-state index contributed by atoms with van der Waals surface area (Å²) in [7, 11) is 0. The standard InChI is InChI=1S/C14H18BrNO/c15-11-5-7-13-10(9-11)4-6-14(17-13)12-3-1-2-8-16-12/h5,7,9,12,14,16H,1-4,6,8H2. The second kappa shape index (κ2) is 4.99. The molecule has 1 aromatic rings. The maximum absolute atomic E-state index is 6.14. The quantitative estimate of drug-likeness (QED) is 0.858. The van der Waals surface area contributed by atoms with Crippen molar-refractivity contribution >= 4 is 15.9 Å². The number of halogens is 1. The average molecular weight is 296 g/mol. The predicted molar refractivity (Wildman–Crippen MR) is 72.5 cm³/mol. The minimum Gasteiger partial charge on any atom is -0.489 e. The monoisotopic (exact) mass is 295 g/mol. The van der Waals surface area contributed by atoms with Gasteiger partial charge in [0.1, 0.15) is 11.9 Å². The van der Waals surface area contributed by atoms with Gasteiger partial charge in [-0.05, 0) is 56.0 Å². The summed E-state index contributed by atoms with van der Waals surface area (Å²) in [5.41, 5.74) is 1.34. The molecule has 3 heteroatoms. The van der Waals surface area contributed by atoms with Crippen LogP contribution >= 0.6 is 15.9 Å². The summed E-state index contributed by atoms with van der Waals surface area (Å²) in [6, 6.07) is 6.89. The molecule has 0 spiro atoms. The minimum absolute atomic E-state index is 0.365. The molecule has 0 bridgehead atoms. The fourth-order valence-corrected chi connectivity index (χ4v) is 3.27. The van der Waals surface area contributed by atoms with Gasteiger partial charge in [0.15, 0.2) is 0 Å². The van der Waals surface area contributed by atoms with Crippen LogP contribution in [-0.4, -0.2) is 18.7 Å². The number of hydrogen-bond donors (Lipinski definition) is 1. The Labute approximate surface area is 111 Å². The van der Waals surface area contributed by atoms with E-state index in [9.17, 15) is 0 Å². The molecule has 0 radical (unpaired) electrons. The highest BCUT2D eigenvalue weighted by atomic mass is 79.9. The Hall–Kier alpha value is -0.540. The summed E-state index contributed by atoms with van der Waals surface area (Å²) in [6.07, 6.45) is 6.55. The number of hydrogen-bond acceptors (Lipinski definition) is 2. The molecular weight excluding hydrogens is 278 g/mol. The lowest BCUT2D eigenvalue weighted by Gasteiger charge is -2.35. The van der Waals surface area contributed by atoms with Crippen molar-refractivity contribution in [3.8, 4) is 5.75 Å². The molecule has 1 saturated heterocycles. The zero-order valence-electron chi connectivity index (χ0n) is 9.92. The summed E-state index contributed by atoms with van der Waals surface area (Å²) >= 11 is 3.51. The molecule has 17 heavy (non-hydrogen) atoms. The molecule has 2 aliphatic rings.